The van der Waals surface area contributed by atoms with Gasteiger partial charge < -0.3 is 4.74 Å². The van der Waals surface area contributed by atoms with Crippen molar-refractivity contribution in [2.45, 2.75) is 18.7 Å². The summed E-state index contributed by atoms with van der Waals surface area (Å²) < 4.78 is 22.2. The molecule has 3 rings (SSSR count). The minimum atomic E-state index is -2.88. The fourth-order valence-electron chi connectivity index (χ4n) is 2.86. The third-order valence-corrected chi connectivity index (χ3v) is 5.94. The molecule has 0 spiro atoms. The van der Waals surface area contributed by atoms with Crippen LogP contribution in [0.4, 0.5) is 0 Å². The van der Waals surface area contributed by atoms with Gasteiger partial charge in [0, 0.05) is 34.7 Å². The SMILES string of the molecule is COc1ccc(C#Cc2cncc(C(=O)N=S(C)(=O)c3cc(C)cc(C)c3)c2)cc1. The van der Waals surface area contributed by atoms with Gasteiger partial charge in [0.25, 0.3) is 5.91 Å². The van der Waals surface area contributed by atoms with E-state index >= 15 is 0 Å². The van der Waals surface area contributed by atoms with E-state index in [0.717, 1.165) is 22.4 Å². The highest BCUT2D eigenvalue weighted by Crippen LogP contribution is 2.17. The van der Waals surface area contributed by atoms with E-state index in [-0.39, 0.29) is 5.56 Å². The monoisotopic (exact) mass is 418 g/mol. The first-order chi connectivity index (χ1) is 14.3. The van der Waals surface area contributed by atoms with Gasteiger partial charge in [-0.1, -0.05) is 17.9 Å². The van der Waals surface area contributed by atoms with Crippen molar-refractivity contribution in [1.82, 2.24) is 4.98 Å². The normalized spacial score (nSPS) is 12.3. The number of carbonyl (C=O) groups excluding carboxylic acids is 1. The molecule has 3 aromatic rings. The van der Waals surface area contributed by atoms with E-state index in [2.05, 4.69) is 21.2 Å². The Hall–Kier alpha value is -3.43. The summed E-state index contributed by atoms with van der Waals surface area (Å²) >= 11 is 0. The van der Waals surface area contributed by atoms with Crippen molar-refractivity contribution >= 4 is 15.6 Å². The first-order valence-electron chi connectivity index (χ1n) is 9.23. The third-order valence-electron chi connectivity index (χ3n) is 4.32. The van der Waals surface area contributed by atoms with Crippen LogP contribution in [0.2, 0.25) is 0 Å². The third kappa shape index (κ3) is 5.34. The molecule has 0 saturated carbocycles. The van der Waals surface area contributed by atoms with Gasteiger partial charge >= 0.3 is 0 Å². The van der Waals surface area contributed by atoms with Crippen LogP contribution < -0.4 is 4.74 Å². The van der Waals surface area contributed by atoms with Crippen molar-refractivity contribution < 1.29 is 13.7 Å². The fourth-order valence-corrected chi connectivity index (χ4v) is 4.20. The predicted molar refractivity (Wildman–Crippen MR) is 118 cm³/mol. The maximum Gasteiger partial charge on any atom is 0.286 e. The minimum absolute atomic E-state index is 0.246. The Morgan fingerprint density at radius 2 is 1.60 bits per heavy atom. The van der Waals surface area contributed by atoms with Crippen molar-refractivity contribution in [3.8, 4) is 17.6 Å². The standard InChI is InChI=1S/C24H22N2O3S/c1-17-11-18(2)13-23(12-17)30(4,28)26-24(27)21-14-20(15-25-16-21)6-5-19-7-9-22(29-3)10-8-19/h7-16H,1-4H3. The highest BCUT2D eigenvalue weighted by atomic mass is 32.2. The molecular weight excluding hydrogens is 396 g/mol. The van der Waals surface area contributed by atoms with Crippen LogP contribution in [0.15, 0.2) is 70.2 Å². The van der Waals surface area contributed by atoms with E-state index in [1.807, 2.05) is 44.2 Å². The molecule has 1 atom stereocenters. The summed E-state index contributed by atoms with van der Waals surface area (Å²) in [6.07, 6.45) is 4.45. The Morgan fingerprint density at radius 1 is 0.967 bits per heavy atom. The van der Waals surface area contributed by atoms with Crippen LogP contribution in [0.3, 0.4) is 0 Å². The summed E-state index contributed by atoms with van der Waals surface area (Å²) in [5, 5.41) is 0. The number of aromatic nitrogens is 1. The van der Waals surface area contributed by atoms with Gasteiger partial charge in [-0.25, -0.2) is 4.21 Å². The minimum Gasteiger partial charge on any atom is -0.497 e. The number of nitrogens with zero attached hydrogens (tertiary/aromatic N) is 2. The number of hydrogen-bond acceptors (Lipinski definition) is 4. The van der Waals surface area contributed by atoms with Gasteiger partial charge in [0.05, 0.1) is 22.4 Å². The summed E-state index contributed by atoms with van der Waals surface area (Å²) in [5.41, 5.74) is 3.57. The lowest BCUT2D eigenvalue weighted by Crippen LogP contribution is -2.05. The first-order valence-corrected chi connectivity index (χ1v) is 11.1. The quantitative estimate of drug-likeness (QED) is 0.591. The molecular formula is C24H22N2O3S. The van der Waals surface area contributed by atoms with Crippen LogP contribution in [-0.4, -0.2) is 28.5 Å². The molecule has 5 nitrogen and oxygen atoms in total. The van der Waals surface area contributed by atoms with Gasteiger partial charge in [-0.2, -0.15) is 4.36 Å². The summed E-state index contributed by atoms with van der Waals surface area (Å²) in [5.74, 6) is 6.18. The average Bonchev–Trinajstić information content (AvgIpc) is 2.72. The Bertz CT molecular complexity index is 1260. The molecule has 6 heteroatoms. The lowest BCUT2D eigenvalue weighted by atomic mass is 10.1. The molecule has 1 unspecified atom stereocenters. The van der Waals surface area contributed by atoms with Gasteiger partial charge in [0.2, 0.25) is 0 Å². The topological polar surface area (TPSA) is 68.6 Å². The lowest BCUT2D eigenvalue weighted by molar-refractivity contribution is 0.100. The Balaban J connectivity index is 1.88. The van der Waals surface area contributed by atoms with Crippen molar-refractivity contribution in [2.75, 3.05) is 13.4 Å². The first kappa shape index (κ1) is 21.3. The van der Waals surface area contributed by atoms with Crippen LogP contribution in [0, 0.1) is 25.7 Å². The Morgan fingerprint density at radius 3 is 2.23 bits per heavy atom. The molecule has 1 heterocycles. The number of benzene rings is 2. The van der Waals surface area contributed by atoms with Gasteiger partial charge in [-0.3, -0.25) is 9.78 Å². The van der Waals surface area contributed by atoms with E-state index in [1.165, 1.54) is 12.5 Å². The summed E-state index contributed by atoms with van der Waals surface area (Å²) in [6, 6.07) is 14.5. The molecule has 0 aliphatic heterocycles. The molecule has 152 valence electrons. The fraction of sp³-hybridized carbons (Fsp3) is 0.167. The largest absolute Gasteiger partial charge is 0.497 e. The van der Waals surface area contributed by atoms with E-state index in [0.29, 0.717) is 10.5 Å². The number of ether oxygens (including phenoxy) is 1. The molecule has 0 N–H and O–H groups in total. The maximum atomic E-state index is 13.1. The molecule has 0 radical (unpaired) electrons. The molecule has 30 heavy (non-hydrogen) atoms. The van der Waals surface area contributed by atoms with Crippen molar-refractivity contribution in [3.05, 3.63) is 88.7 Å². The smallest absolute Gasteiger partial charge is 0.286 e. The van der Waals surface area contributed by atoms with Crippen LogP contribution in [0.1, 0.15) is 32.6 Å². The van der Waals surface area contributed by atoms with Gasteiger partial charge in [-0.05, 0) is 67.4 Å². The Kier molecular flexibility index (Phi) is 6.34. The molecule has 0 aliphatic carbocycles. The molecule has 0 fully saturated rings. The molecule has 2 aromatic carbocycles. The predicted octanol–water partition coefficient (Wildman–Crippen LogP) is 4.40. The zero-order chi connectivity index (χ0) is 21.7. The number of amides is 1. The van der Waals surface area contributed by atoms with E-state index in [1.54, 1.807) is 31.5 Å². The second-order valence-electron chi connectivity index (χ2n) is 6.96. The average molecular weight is 419 g/mol. The zero-order valence-electron chi connectivity index (χ0n) is 17.3. The van der Waals surface area contributed by atoms with Crippen molar-refractivity contribution in [1.29, 1.82) is 0 Å². The number of carbonyl (C=O) groups is 1. The highest BCUT2D eigenvalue weighted by Gasteiger charge is 2.13. The van der Waals surface area contributed by atoms with Gasteiger partial charge in [-0.15, -0.1) is 0 Å². The van der Waals surface area contributed by atoms with Crippen LogP contribution in [0.25, 0.3) is 0 Å². The number of rotatable bonds is 3. The van der Waals surface area contributed by atoms with Crippen LogP contribution >= 0.6 is 0 Å². The second kappa shape index (κ2) is 8.93. The summed E-state index contributed by atoms with van der Waals surface area (Å²) in [6.45, 7) is 3.84. The summed E-state index contributed by atoms with van der Waals surface area (Å²) in [7, 11) is -1.27. The zero-order valence-corrected chi connectivity index (χ0v) is 18.1. The van der Waals surface area contributed by atoms with Gasteiger partial charge in [0.15, 0.2) is 0 Å². The molecule has 0 bridgehead atoms. The summed E-state index contributed by atoms with van der Waals surface area (Å²) in [4.78, 5) is 17.3. The molecule has 0 saturated heterocycles. The highest BCUT2D eigenvalue weighted by molar-refractivity contribution is 7.93. The van der Waals surface area contributed by atoms with Crippen LogP contribution in [-0.2, 0) is 9.73 Å². The molecule has 0 aliphatic rings. The second-order valence-corrected chi connectivity index (χ2v) is 9.22. The van der Waals surface area contributed by atoms with Crippen LogP contribution in [0.5, 0.6) is 5.75 Å². The van der Waals surface area contributed by atoms with E-state index < -0.39 is 15.6 Å². The number of hydrogen-bond donors (Lipinski definition) is 0. The van der Waals surface area contributed by atoms with Crippen molar-refractivity contribution in [2.24, 2.45) is 4.36 Å². The number of aryl methyl sites for hydroxylation is 2. The van der Waals surface area contributed by atoms with Gasteiger partial charge in [0.1, 0.15) is 5.75 Å². The van der Waals surface area contributed by atoms with E-state index in [4.69, 9.17) is 4.74 Å². The van der Waals surface area contributed by atoms with E-state index in [9.17, 15) is 9.00 Å². The number of methoxy groups -OCH3 is 1. The Labute approximate surface area is 177 Å². The number of pyridine rings is 1. The molecule has 1 aromatic heterocycles. The molecule has 1 amide bonds. The maximum absolute atomic E-state index is 13.1. The van der Waals surface area contributed by atoms with Crippen molar-refractivity contribution in [3.63, 3.8) is 0 Å². The lowest BCUT2D eigenvalue weighted by Gasteiger charge is -2.07.